The van der Waals surface area contributed by atoms with Crippen LogP contribution < -0.4 is 16.8 Å². The van der Waals surface area contributed by atoms with Crippen LogP contribution in [-0.2, 0) is 4.74 Å². The number of rotatable bonds is 7. The minimum absolute atomic E-state index is 0.0338. The van der Waals surface area contributed by atoms with E-state index in [1.807, 2.05) is 20.8 Å². The van der Waals surface area contributed by atoms with Gasteiger partial charge in [-0.25, -0.2) is 4.39 Å². The van der Waals surface area contributed by atoms with Crippen LogP contribution in [0.5, 0.6) is 0 Å². The van der Waals surface area contributed by atoms with Gasteiger partial charge in [0.2, 0.25) is 0 Å². The minimum Gasteiger partial charge on any atom is -0.398 e. The van der Waals surface area contributed by atoms with E-state index >= 15 is 0 Å². The number of carbonyl (C=O) groups is 1. The van der Waals surface area contributed by atoms with E-state index in [9.17, 15) is 9.18 Å². The zero-order chi connectivity index (χ0) is 15.3. The van der Waals surface area contributed by atoms with Gasteiger partial charge < -0.3 is 21.5 Å². The summed E-state index contributed by atoms with van der Waals surface area (Å²) in [7, 11) is 0. The van der Waals surface area contributed by atoms with Crippen LogP contribution in [0.2, 0.25) is 0 Å². The van der Waals surface area contributed by atoms with Crippen molar-refractivity contribution >= 4 is 17.3 Å². The van der Waals surface area contributed by atoms with Crippen LogP contribution in [0.1, 0.15) is 31.1 Å². The smallest absolute Gasteiger partial charge is 0.250 e. The van der Waals surface area contributed by atoms with Crippen molar-refractivity contribution in [3.8, 4) is 0 Å². The van der Waals surface area contributed by atoms with Gasteiger partial charge in [-0.15, -0.1) is 0 Å². The number of ether oxygens (including phenoxy) is 1. The van der Waals surface area contributed by atoms with Crippen molar-refractivity contribution in [2.45, 2.75) is 26.8 Å². The SMILES string of the molecule is CCOCC(Nc1cc(C(N)=O)c(N)cc1F)C(C)C. The van der Waals surface area contributed by atoms with Crippen molar-refractivity contribution in [1.82, 2.24) is 0 Å². The van der Waals surface area contributed by atoms with E-state index in [1.165, 1.54) is 6.07 Å². The second-order valence-electron chi connectivity index (χ2n) is 4.94. The van der Waals surface area contributed by atoms with Gasteiger partial charge in [-0.2, -0.15) is 0 Å². The zero-order valence-electron chi connectivity index (χ0n) is 12.1. The van der Waals surface area contributed by atoms with Gasteiger partial charge in [0.25, 0.3) is 5.91 Å². The lowest BCUT2D eigenvalue weighted by molar-refractivity contribution is 0.100. The average Bonchev–Trinajstić information content (AvgIpc) is 2.35. The van der Waals surface area contributed by atoms with Gasteiger partial charge in [-0.1, -0.05) is 13.8 Å². The Balaban J connectivity index is 3.00. The number of nitrogens with one attached hydrogen (secondary N) is 1. The number of anilines is 2. The van der Waals surface area contributed by atoms with E-state index in [0.29, 0.717) is 13.2 Å². The normalized spacial score (nSPS) is 12.4. The minimum atomic E-state index is -0.684. The Morgan fingerprint density at radius 3 is 2.60 bits per heavy atom. The molecule has 0 saturated heterocycles. The molecule has 1 amide bonds. The van der Waals surface area contributed by atoms with Crippen molar-refractivity contribution < 1.29 is 13.9 Å². The van der Waals surface area contributed by atoms with E-state index in [-0.39, 0.29) is 28.9 Å². The lowest BCUT2D eigenvalue weighted by atomic mass is 10.0. The van der Waals surface area contributed by atoms with Crippen LogP contribution in [0.15, 0.2) is 12.1 Å². The second kappa shape index (κ2) is 7.09. The van der Waals surface area contributed by atoms with Gasteiger partial charge in [0.05, 0.1) is 23.9 Å². The number of hydrogen-bond donors (Lipinski definition) is 3. The van der Waals surface area contributed by atoms with E-state index in [0.717, 1.165) is 6.07 Å². The second-order valence-corrected chi connectivity index (χ2v) is 4.94. The van der Waals surface area contributed by atoms with E-state index in [1.54, 1.807) is 0 Å². The predicted molar refractivity (Wildman–Crippen MR) is 78.1 cm³/mol. The Bertz CT molecular complexity index is 478. The van der Waals surface area contributed by atoms with Crippen LogP contribution in [0.25, 0.3) is 0 Å². The Morgan fingerprint density at radius 2 is 2.10 bits per heavy atom. The number of benzene rings is 1. The molecule has 0 spiro atoms. The molecule has 0 fully saturated rings. The highest BCUT2D eigenvalue weighted by Gasteiger charge is 2.17. The molecule has 1 rings (SSSR count). The summed E-state index contributed by atoms with van der Waals surface area (Å²) in [4.78, 5) is 11.2. The molecular formula is C14H22FN3O2. The third-order valence-corrected chi connectivity index (χ3v) is 3.05. The first-order valence-electron chi connectivity index (χ1n) is 6.59. The highest BCUT2D eigenvalue weighted by atomic mass is 19.1. The Kier molecular flexibility index (Phi) is 5.76. The molecule has 6 heteroatoms. The molecule has 1 aromatic rings. The molecule has 0 heterocycles. The number of carbonyl (C=O) groups excluding carboxylic acids is 1. The third kappa shape index (κ3) is 4.09. The van der Waals surface area contributed by atoms with Crippen molar-refractivity contribution in [3.63, 3.8) is 0 Å². The molecule has 0 saturated carbocycles. The highest BCUT2D eigenvalue weighted by molar-refractivity contribution is 5.99. The summed E-state index contributed by atoms with van der Waals surface area (Å²) >= 11 is 0. The molecule has 1 atom stereocenters. The fourth-order valence-corrected chi connectivity index (χ4v) is 1.76. The summed E-state index contributed by atoms with van der Waals surface area (Å²) in [5, 5.41) is 3.04. The summed E-state index contributed by atoms with van der Waals surface area (Å²) in [5.74, 6) is -0.971. The lowest BCUT2D eigenvalue weighted by Crippen LogP contribution is -2.31. The Morgan fingerprint density at radius 1 is 1.45 bits per heavy atom. The fourth-order valence-electron chi connectivity index (χ4n) is 1.76. The molecule has 0 radical (unpaired) electrons. The molecule has 5 N–H and O–H groups in total. The molecule has 5 nitrogen and oxygen atoms in total. The number of nitrogen functional groups attached to an aromatic ring is 1. The molecule has 1 aromatic carbocycles. The first-order valence-corrected chi connectivity index (χ1v) is 6.59. The fraction of sp³-hybridized carbons (Fsp3) is 0.500. The quantitative estimate of drug-likeness (QED) is 0.667. The van der Waals surface area contributed by atoms with Crippen LogP contribution in [0, 0.1) is 11.7 Å². The van der Waals surface area contributed by atoms with Crippen molar-refractivity contribution in [2.75, 3.05) is 24.3 Å². The number of halogens is 1. The van der Waals surface area contributed by atoms with Gasteiger partial charge in [0, 0.05) is 12.3 Å². The van der Waals surface area contributed by atoms with E-state index in [2.05, 4.69) is 5.32 Å². The first kappa shape index (κ1) is 16.2. The molecule has 0 bridgehead atoms. The number of nitrogens with two attached hydrogens (primary N) is 2. The first-order chi connectivity index (χ1) is 9.36. The summed E-state index contributed by atoms with van der Waals surface area (Å²) in [6, 6.07) is 2.36. The maximum atomic E-state index is 13.9. The van der Waals surface area contributed by atoms with E-state index in [4.69, 9.17) is 16.2 Å². The van der Waals surface area contributed by atoms with E-state index < -0.39 is 11.7 Å². The van der Waals surface area contributed by atoms with Gasteiger partial charge in [-0.05, 0) is 25.0 Å². The molecule has 1 unspecified atom stereocenters. The summed E-state index contributed by atoms with van der Waals surface area (Å²) in [6.45, 7) is 6.93. The molecule has 112 valence electrons. The van der Waals surface area contributed by atoms with Crippen molar-refractivity contribution in [1.29, 1.82) is 0 Å². The predicted octanol–water partition coefficient (Wildman–Crippen LogP) is 1.98. The molecule has 0 aromatic heterocycles. The summed E-state index contributed by atoms with van der Waals surface area (Å²) in [6.07, 6.45) is 0. The molecule has 0 aliphatic heterocycles. The average molecular weight is 283 g/mol. The topological polar surface area (TPSA) is 90.4 Å². The van der Waals surface area contributed by atoms with Gasteiger partial charge in [0.15, 0.2) is 0 Å². The van der Waals surface area contributed by atoms with Crippen molar-refractivity contribution in [2.24, 2.45) is 11.7 Å². The van der Waals surface area contributed by atoms with Gasteiger partial charge in [0.1, 0.15) is 5.82 Å². The zero-order valence-corrected chi connectivity index (χ0v) is 12.1. The number of amides is 1. The monoisotopic (exact) mass is 283 g/mol. The molecule has 0 aliphatic rings. The molecular weight excluding hydrogens is 261 g/mol. The molecule has 0 aliphatic carbocycles. The third-order valence-electron chi connectivity index (χ3n) is 3.05. The van der Waals surface area contributed by atoms with Crippen LogP contribution in [0.4, 0.5) is 15.8 Å². The Labute approximate surface area is 118 Å². The highest BCUT2D eigenvalue weighted by Crippen LogP contribution is 2.23. The lowest BCUT2D eigenvalue weighted by Gasteiger charge is -2.24. The molecule has 20 heavy (non-hydrogen) atoms. The van der Waals surface area contributed by atoms with Gasteiger partial charge in [-0.3, -0.25) is 4.79 Å². The number of hydrogen-bond acceptors (Lipinski definition) is 4. The maximum absolute atomic E-state index is 13.9. The maximum Gasteiger partial charge on any atom is 0.250 e. The van der Waals surface area contributed by atoms with Crippen LogP contribution in [-0.4, -0.2) is 25.2 Å². The Hall–Kier alpha value is -1.82. The standard InChI is InChI=1S/C14H22FN3O2/c1-4-20-7-13(8(2)3)18-12-5-9(14(17)19)11(16)6-10(12)15/h5-6,8,13,18H,4,7,16H2,1-3H3,(H2,17,19). The van der Waals surface area contributed by atoms with Crippen molar-refractivity contribution in [3.05, 3.63) is 23.5 Å². The number of primary amides is 1. The largest absolute Gasteiger partial charge is 0.398 e. The van der Waals surface area contributed by atoms with Crippen LogP contribution >= 0.6 is 0 Å². The summed E-state index contributed by atoms with van der Waals surface area (Å²) in [5.41, 5.74) is 11.1. The van der Waals surface area contributed by atoms with Gasteiger partial charge >= 0.3 is 0 Å². The van der Waals surface area contributed by atoms with Crippen LogP contribution in [0.3, 0.4) is 0 Å². The summed E-state index contributed by atoms with van der Waals surface area (Å²) < 4.78 is 19.3.